The van der Waals surface area contributed by atoms with Gasteiger partial charge >= 0.3 is 0 Å². The molecule has 1 aliphatic rings. The van der Waals surface area contributed by atoms with E-state index in [0.717, 1.165) is 24.6 Å². The Hall–Kier alpha value is -2.93. The fraction of sp³-hybridized carbons (Fsp3) is 0.435. The van der Waals surface area contributed by atoms with Crippen molar-refractivity contribution in [3.8, 4) is 0 Å². The number of aryl methyl sites for hydroxylation is 3. The number of aliphatic imine (C=N–C) groups is 1. The number of guanidine groups is 1. The minimum atomic E-state index is -0.0792. The lowest BCUT2D eigenvalue weighted by Crippen LogP contribution is -2.48. The van der Waals surface area contributed by atoms with Gasteiger partial charge < -0.3 is 20.3 Å². The summed E-state index contributed by atoms with van der Waals surface area (Å²) in [4.78, 5) is 23.0. The Labute approximate surface area is 178 Å². The van der Waals surface area contributed by atoms with Crippen molar-refractivity contribution in [3.05, 3.63) is 58.8 Å². The van der Waals surface area contributed by atoms with E-state index in [-0.39, 0.29) is 12.0 Å². The zero-order valence-corrected chi connectivity index (χ0v) is 18.2. The number of nitrogens with one attached hydrogen (secondary N) is 2. The summed E-state index contributed by atoms with van der Waals surface area (Å²) in [7, 11) is 1.76. The van der Waals surface area contributed by atoms with Gasteiger partial charge in [-0.1, -0.05) is 29.8 Å². The number of carbonyl (C=O) groups is 1. The number of rotatable bonds is 5. The summed E-state index contributed by atoms with van der Waals surface area (Å²) in [5, 5.41) is 6.12. The van der Waals surface area contributed by atoms with E-state index in [1.165, 1.54) is 16.7 Å². The number of hydrogen-bond acceptors (Lipinski definition) is 4. The average Bonchev–Trinajstić information content (AvgIpc) is 2.73. The third-order valence-electron chi connectivity index (χ3n) is 5.16. The first-order valence-electron chi connectivity index (χ1n) is 10.3. The number of anilines is 1. The quantitative estimate of drug-likeness (QED) is 0.586. The van der Waals surface area contributed by atoms with Crippen LogP contribution in [0, 0.1) is 20.8 Å². The van der Waals surface area contributed by atoms with Crippen LogP contribution in [0.4, 0.5) is 5.82 Å². The van der Waals surface area contributed by atoms with Crippen molar-refractivity contribution in [1.29, 1.82) is 0 Å². The van der Waals surface area contributed by atoms with Crippen LogP contribution in [0.25, 0.3) is 0 Å². The maximum atomic E-state index is 12.2. The van der Waals surface area contributed by atoms with Gasteiger partial charge in [0, 0.05) is 32.8 Å². The molecule has 30 heavy (non-hydrogen) atoms. The summed E-state index contributed by atoms with van der Waals surface area (Å²) < 4.78 is 6.03. The zero-order chi connectivity index (χ0) is 21.5. The fourth-order valence-electron chi connectivity index (χ4n) is 3.58. The molecule has 2 aromatic rings. The third kappa shape index (κ3) is 5.79. The molecule has 0 aliphatic carbocycles. The number of carbonyl (C=O) groups excluding carboxylic acids is 1. The molecule has 3 rings (SSSR count). The number of benzene rings is 1. The normalized spacial score (nSPS) is 17.0. The lowest BCUT2D eigenvalue weighted by atomic mass is 10.00. The average molecular weight is 410 g/mol. The summed E-state index contributed by atoms with van der Waals surface area (Å²) in [6.45, 7) is 8.81. The summed E-state index contributed by atoms with van der Waals surface area (Å²) in [6, 6.07) is 10.2. The van der Waals surface area contributed by atoms with Gasteiger partial charge in [0.05, 0.1) is 13.2 Å². The second-order valence-electron chi connectivity index (χ2n) is 7.66. The van der Waals surface area contributed by atoms with Crippen LogP contribution in [0.15, 0.2) is 41.5 Å². The van der Waals surface area contributed by atoms with Crippen molar-refractivity contribution < 1.29 is 9.53 Å². The highest BCUT2D eigenvalue weighted by Crippen LogP contribution is 2.25. The fourth-order valence-corrected chi connectivity index (χ4v) is 3.58. The number of ether oxygens (including phenoxy) is 1. The van der Waals surface area contributed by atoms with Crippen LogP contribution >= 0.6 is 0 Å². The van der Waals surface area contributed by atoms with Gasteiger partial charge in [-0.25, -0.2) is 4.98 Å². The summed E-state index contributed by atoms with van der Waals surface area (Å²) >= 11 is 0. The summed E-state index contributed by atoms with van der Waals surface area (Å²) in [6.07, 6.45) is 2.08. The van der Waals surface area contributed by atoms with Gasteiger partial charge in [0.15, 0.2) is 5.96 Å². The van der Waals surface area contributed by atoms with Gasteiger partial charge in [-0.3, -0.25) is 9.79 Å². The van der Waals surface area contributed by atoms with E-state index in [1.54, 1.807) is 19.3 Å². The van der Waals surface area contributed by atoms with Gasteiger partial charge in [-0.2, -0.15) is 0 Å². The molecule has 1 saturated heterocycles. The van der Waals surface area contributed by atoms with E-state index >= 15 is 0 Å². The van der Waals surface area contributed by atoms with Crippen LogP contribution in [-0.2, 0) is 9.53 Å². The Kier molecular flexibility index (Phi) is 7.41. The molecular weight excluding hydrogens is 378 g/mol. The molecule has 1 aromatic heterocycles. The Morgan fingerprint density at radius 3 is 2.73 bits per heavy atom. The Balaban J connectivity index is 1.51. The molecule has 7 heteroatoms. The molecular formula is C23H31N5O2. The van der Waals surface area contributed by atoms with Gasteiger partial charge in [0.25, 0.3) is 0 Å². The largest absolute Gasteiger partial charge is 0.370 e. The minimum Gasteiger partial charge on any atom is -0.370 e. The first kappa shape index (κ1) is 21.8. The van der Waals surface area contributed by atoms with Crippen molar-refractivity contribution in [3.63, 3.8) is 0 Å². The number of pyridine rings is 1. The molecule has 0 bridgehead atoms. The lowest BCUT2D eigenvalue weighted by molar-refractivity contribution is -0.116. The Morgan fingerprint density at radius 2 is 2.03 bits per heavy atom. The minimum absolute atomic E-state index is 0.00816. The van der Waals surface area contributed by atoms with Crippen LogP contribution in [0.3, 0.4) is 0 Å². The van der Waals surface area contributed by atoms with E-state index in [1.807, 2.05) is 13.0 Å². The molecule has 2 N–H and O–H groups in total. The smallest absolute Gasteiger partial charge is 0.227 e. The number of morpholine rings is 1. The van der Waals surface area contributed by atoms with E-state index in [9.17, 15) is 4.79 Å². The van der Waals surface area contributed by atoms with Crippen LogP contribution in [-0.4, -0.2) is 55.0 Å². The van der Waals surface area contributed by atoms with Crippen molar-refractivity contribution in [1.82, 2.24) is 15.2 Å². The van der Waals surface area contributed by atoms with Gasteiger partial charge in [-0.15, -0.1) is 0 Å². The van der Waals surface area contributed by atoms with Crippen molar-refractivity contribution in [2.75, 3.05) is 38.6 Å². The molecule has 1 fully saturated rings. The van der Waals surface area contributed by atoms with Crippen molar-refractivity contribution in [2.24, 2.45) is 4.99 Å². The summed E-state index contributed by atoms with van der Waals surface area (Å²) in [5.74, 6) is 1.28. The SMILES string of the molecule is CN=C(NCCC(=O)Nc1ccc(C)cn1)N1CCOC(c2ccc(C)cc2C)C1. The number of aromatic nitrogens is 1. The highest BCUT2D eigenvalue weighted by atomic mass is 16.5. The highest BCUT2D eigenvalue weighted by molar-refractivity contribution is 5.90. The first-order valence-corrected chi connectivity index (χ1v) is 10.3. The predicted molar refractivity (Wildman–Crippen MR) is 120 cm³/mol. The summed E-state index contributed by atoms with van der Waals surface area (Å²) in [5.41, 5.74) is 4.76. The molecule has 2 heterocycles. The van der Waals surface area contributed by atoms with Crippen LogP contribution in [0.1, 0.15) is 34.8 Å². The molecule has 1 aromatic carbocycles. The van der Waals surface area contributed by atoms with Crippen LogP contribution in [0.2, 0.25) is 0 Å². The second-order valence-corrected chi connectivity index (χ2v) is 7.66. The highest BCUT2D eigenvalue weighted by Gasteiger charge is 2.25. The van der Waals surface area contributed by atoms with Crippen LogP contribution in [0.5, 0.6) is 0 Å². The molecule has 1 aliphatic heterocycles. The maximum Gasteiger partial charge on any atom is 0.227 e. The molecule has 0 saturated carbocycles. The van der Waals surface area contributed by atoms with E-state index in [0.29, 0.717) is 25.4 Å². The van der Waals surface area contributed by atoms with Gasteiger partial charge in [-0.05, 0) is 43.5 Å². The Morgan fingerprint density at radius 1 is 1.23 bits per heavy atom. The monoisotopic (exact) mass is 409 g/mol. The van der Waals surface area contributed by atoms with E-state index < -0.39 is 0 Å². The van der Waals surface area contributed by atoms with Gasteiger partial charge in [0.1, 0.15) is 11.9 Å². The third-order valence-corrected chi connectivity index (χ3v) is 5.16. The second kappa shape index (κ2) is 10.2. The lowest BCUT2D eigenvalue weighted by Gasteiger charge is -2.35. The van der Waals surface area contributed by atoms with Crippen LogP contribution < -0.4 is 10.6 Å². The van der Waals surface area contributed by atoms with E-state index in [4.69, 9.17) is 4.74 Å². The number of amides is 1. The molecule has 1 atom stereocenters. The maximum absolute atomic E-state index is 12.2. The molecule has 7 nitrogen and oxygen atoms in total. The molecule has 0 spiro atoms. The molecule has 0 radical (unpaired) electrons. The van der Waals surface area contributed by atoms with E-state index in [2.05, 4.69) is 57.6 Å². The topological polar surface area (TPSA) is 78.8 Å². The van der Waals surface area contributed by atoms with Crippen molar-refractivity contribution >= 4 is 17.7 Å². The molecule has 160 valence electrons. The van der Waals surface area contributed by atoms with Crippen molar-refractivity contribution in [2.45, 2.75) is 33.3 Å². The standard InChI is InChI=1S/C23H31N5O2/c1-16-5-7-19(18(3)13-16)20-15-28(11-12-30-20)23(24-4)25-10-9-22(29)27-21-8-6-17(2)14-26-21/h5-8,13-14,20H,9-12,15H2,1-4H3,(H,24,25)(H,26,27,29). The predicted octanol–water partition coefficient (Wildman–Crippen LogP) is 2.98. The molecule has 1 amide bonds. The zero-order valence-electron chi connectivity index (χ0n) is 18.2. The van der Waals surface area contributed by atoms with Gasteiger partial charge in [0.2, 0.25) is 5.91 Å². The number of hydrogen-bond donors (Lipinski definition) is 2. The Bertz CT molecular complexity index is 895. The molecule has 1 unspecified atom stereocenters. The number of nitrogens with zero attached hydrogens (tertiary/aromatic N) is 3. The first-order chi connectivity index (χ1) is 14.5.